The number of pyridine rings is 1. The van der Waals surface area contributed by atoms with E-state index in [1.54, 1.807) is 33.9 Å². The summed E-state index contributed by atoms with van der Waals surface area (Å²) in [5, 5.41) is 7.27. The summed E-state index contributed by atoms with van der Waals surface area (Å²) in [5.74, 6) is 0.627. The largest absolute Gasteiger partial charge is 0.495 e. The zero-order valence-electron chi connectivity index (χ0n) is 27.6. The molecule has 2 aromatic heterocycles. The molecule has 256 valence electrons. The highest BCUT2D eigenvalue weighted by Crippen LogP contribution is 2.45. The maximum Gasteiger partial charge on any atom is 0.260 e. The van der Waals surface area contributed by atoms with Gasteiger partial charge in [-0.05, 0) is 57.8 Å². The highest BCUT2D eigenvalue weighted by molar-refractivity contribution is 6.41. The van der Waals surface area contributed by atoms with Gasteiger partial charge in [-0.1, -0.05) is 35.9 Å². The second kappa shape index (κ2) is 15.4. The van der Waals surface area contributed by atoms with Crippen molar-refractivity contribution in [3.8, 4) is 22.6 Å². The first kappa shape index (κ1) is 35.2. The van der Waals surface area contributed by atoms with Gasteiger partial charge < -0.3 is 29.9 Å². The Bertz CT molecular complexity index is 1770. The number of hydrogen-bond donors (Lipinski definition) is 2. The summed E-state index contributed by atoms with van der Waals surface area (Å²) >= 11 is 13.5. The molecule has 5 rings (SSSR count). The fourth-order valence-corrected chi connectivity index (χ4v) is 7.03. The lowest BCUT2D eigenvalue weighted by molar-refractivity contribution is -0.125. The number of carbonyl (C=O) groups is 2. The van der Waals surface area contributed by atoms with Crippen molar-refractivity contribution in [1.82, 2.24) is 29.7 Å². The third-order valence-electron chi connectivity index (χ3n) is 8.78. The number of likely N-dealkylation sites (N-methyl/N-ethyl adjacent to an activating group) is 1. The molecule has 3 atom stereocenters. The van der Waals surface area contributed by atoms with Crippen LogP contribution in [0.1, 0.15) is 25.7 Å². The van der Waals surface area contributed by atoms with Crippen molar-refractivity contribution in [1.29, 1.82) is 0 Å². The number of ether oxygens (including phenoxy) is 2. The van der Waals surface area contributed by atoms with Gasteiger partial charge >= 0.3 is 0 Å². The Labute approximate surface area is 289 Å². The van der Waals surface area contributed by atoms with Gasteiger partial charge in [0.2, 0.25) is 17.8 Å². The van der Waals surface area contributed by atoms with E-state index in [2.05, 4.69) is 22.2 Å². The number of nitrogens with one attached hydrogen (secondary N) is 2. The molecule has 3 unspecified atom stereocenters. The summed E-state index contributed by atoms with van der Waals surface area (Å²) < 4.78 is 12.6. The molecular formula is C34H41Cl2N7O5. The van der Waals surface area contributed by atoms with Gasteiger partial charge in [0.05, 0.1) is 29.8 Å². The third kappa shape index (κ3) is 7.61. The molecule has 3 heterocycles. The molecule has 0 spiro atoms. The third-order valence-corrected chi connectivity index (χ3v) is 9.53. The van der Waals surface area contributed by atoms with Crippen LogP contribution in [0.15, 0.2) is 47.9 Å². The van der Waals surface area contributed by atoms with E-state index in [0.717, 1.165) is 19.3 Å². The molecule has 12 nitrogen and oxygen atoms in total. The molecule has 2 fully saturated rings. The van der Waals surface area contributed by atoms with Crippen LogP contribution in [0.2, 0.25) is 10.0 Å². The molecule has 1 saturated carbocycles. The van der Waals surface area contributed by atoms with Gasteiger partial charge in [-0.2, -0.15) is 4.98 Å². The van der Waals surface area contributed by atoms with Gasteiger partial charge in [0.1, 0.15) is 17.1 Å². The van der Waals surface area contributed by atoms with E-state index in [1.165, 1.54) is 20.3 Å². The normalized spacial score (nSPS) is 19.3. The van der Waals surface area contributed by atoms with Gasteiger partial charge in [-0.25, -0.2) is 4.98 Å². The first-order valence-corrected chi connectivity index (χ1v) is 16.6. The van der Waals surface area contributed by atoms with Crippen molar-refractivity contribution >= 4 is 52.0 Å². The number of nitrogens with zero attached hydrogens (tertiary/aromatic N) is 5. The lowest BCUT2D eigenvalue weighted by Gasteiger charge is -2.22. The lowest BCUT2D eigenvalue weighted by atomic mass is 10.0. The molecule has 3 aromatic rings. The average Bonchev–Trinajstić information content (AvgIpc) is 3.72. The quantitative estimate of drug-likeness (QED) is 0.265. The highest BCUT2D eigenvalue weighted by atomic mass is 35.5. The smallest absolute Gasteiger partial charge is 0.260 e. The number of halogens is 2. The minimum Gasteiger partial charge on any atom is -0.495 e. The highest BCUT2D eigenvalue weighted by Gasteiger charge is 2.30. The lowest BCUT2D eigenvalue weighted by Crippen LogP contribution is -2.43. The molecule has 2 amide bonds. The standard InChI is InChI=1S/C34H41Cl2N7O5/c1-6-27(44)38-23-9-7-10-24(23)39-34-37-17-21-15-22(29-30(35)25(47-4)16-26(48-5)31(29)36)33(46)43(32(21)40-34)19-20-12-14-42(18-20)28(45)11-8-13-41(2)3/h6,8,11,15-17,20,23-24H,1,7,9-10,12-14,18-19H2,2-5H3,(H,38,44)(H,37,39,40)/b11-8+. The minimum absolute atomic E-state index is 0.0159. The molecule has 1 aliphatic heterocycles. The number of hydrogen-bond acceptors (Lipinski definition) is 9. The van der Waals surface area contributed by atoms with Gasteiger partial charge in [0, 0.05) is 67.6 Å². The number of rotatable bonds is 12. The molecule has 0 radical (unpaired) electrons. The monoisotopic (exact) mass is 697 g/mol. The molecule has 48 heavy (non-hydrogen) atoms. The molecule has 14 heteroatoms. The van der Waals surface area contributed by atoms with Crippen LogP contribution in [0.25, 0.3) is 22.2 Å². The van der Waals surface area contributed by atoms with Gasteiger partial charge in [-0.15, -0.1) is 0 Å². The first-order chi connectivity index (χ1) is 23.0. The summed E-state index contributed by atoms with van der Waals surface area (Å²) in [6.45, 7) is 5.57. The van der Waals surface area contributed by atoms with Crippen LogP contribution in [0.5, 0.6) is 11.5 Å². The molecule has 0 bridgehead atoms. The van der Waals surface area contributed by atoms with Crippen molar-refractivity contribution < 1.29 is 19.1 Å². The van der Waals surface area contributed by atoms with E-state index in [9.17, 15) is 14.4 Å². The van der Waals surface area contributed by atoms with E-state index in [-0.39, 0.29) is 56.5 Å². The van der Waals surface area contributed by atoms with Crippen molar-refractivity contribution in [2.75, 3.05) is 53.3 Å². The Balaban J connectivity index is 1.55. The van der Waals surface area contributed by atoms with Crippen LogP contribution in [-0.2, 0) is 16.1 Å². The first-order valence-electron chi connectivity index (χ1n) is 15.8. The maximum absolute atomic E-state index is 14.5. The molecule has 1 saturated heterocycles. The Morgan fingerprint density at radius 2 is 1.81 bits per heavy atom. The Morgan fingerprint density at radius 1 is 1.10 bits per heavy atom. The topological polar surface area (TPSA) is 131 Å². The fourth-order valence-electron chi connectivity index (χ4n) is 6.32. The van der Waals surface area contributed by atoms with E-state index in [0.29, 0.717) is 61.1 Å². The fraction of sp³-hybridized carbons (Fsp3) is 0.441. The Hall–Kier alpha value is -4.13. The molecule has 1 aliphatic carbocycles. The van der Waals surface area contributed by atoms with Crippen molar-refractivity contribution in [2.24, 2.45) is 5.92 Å². The van der Waals surface area contributed by atoms with E-state index < -0.39 is 0 Å². The number of carbonyl (C=O) groups excluding carboxylic acids is 2. The van der Waals surface area contributed by atoms with Gasteiger partial charge in [0.25, 0.3) is 5.56 Å². The van der Waals surface area contributed by atoms with E-state index in [4.69, 9.17) is 37.7 Å². The SMILES string of the molecule is C=CC(=O)NC1CCCC1Nc1ncc2cc(-c3c(Cl)c(OC)cc(OC)c3Cl)c(=O)n(CC3CCN(C(=O)/C=C/CN(C)C)C3)c2n1. The molecule has 2 aliphatic rings. The Kier molecular flexibility index (Phi) is 11.3. The zero-order valence-corrected chi connectivity index (χ0v) is 29.1. The van der Waals surface area contributed by atoms with Crippen LogP contribution in [0, 0.1) is 5.92 Å². The van der Waals surface area contributed by atoms with Crippen LogP contribution < -0.4 is 25.7 Å². The summed E-state index contributed by atoms with van der Waals surface area (Å²) in [5.41, 5.74) is 0.570. The second-order valence-corrected chi connectivity index (χ2v) is 13.1. The van der Waals surface area contributed by atoms with Gasteiger partial charge in [0.15, 0.2) is 0 Å². The number of methoxy groups -OCH3 is 2. The van der Waals surface area contributed by atoms with Crippen LogP contribution >= 0.6 is 23.2 Å². The van der Waals surface area contributed by atoms with E-state index >= 15 is 0 Å². The number of amides is 2. The predicted molar refractivity (Wildman–Crippen MR) is 188 cm³/mol. The van der Waals surface area contributed by atoms with Crippen LogP contribution in [0.4, 0.5) is 5.95 Å². The van der Waals surface area contributed by atoms with E-state index in [1.807, 2.05) is 25.1 Å². The number of likely N-dealkylation sites (tertiary alicyclic amines) is 1. The number of fused-ring (bicyclic) bond motifs is 1. The molecule has 2 N–H and O–H groups in total. The van der Waals surface area contributed by atoms with Crippen molar-refractivity contribution in [3.05, 3.63) is 63.5 Å². The summed E-state index contributed by atoms with van der Waals surface area (Å²) in [6.07, 6.45) is 9.61. The molecule has 1 aromatic carbocycles. The predicted octanol–water partition coefficient (Wildman–Crippen LogP) is 4.38. The minimum atomic E-state index is -0.362. The zero-order chi connectivity index (χ0) is 34.5. The second-order valence-electron chi connectivity index (χ2n) is 12.3. The maximum atomic E-state index is 14.5. The summed E-state index contributed by atoms with van der Waals surface area (Å²) in [7, 11) is 6.83. The number of anilines is 1. The van der Waals surface area contributed by atoms with Crippen LogP contribution in [-0.4, -0.2) is 96.2 Å². The summed E-state index contributed by atoms with van der Waals surface area (Å²) in [6, 6.07) is 3.04. The molecular weight excluding hydrogens is 657 g/mol. The van der Waals surface area contributed by atoms with Crippen molar-refractivity contribution in [3.63, 3.8) is 0 Å². The number of aromatic nitrogens is 3. The van der Waals surface area contributed by atoms with Gasteiger partial charge in [-0.3, -0.25) is 19.0 Å². The Morgan fingerprint density at radius 3 is 2.48 bits per heavy atom. The van der Waals surface area contributed by atoms with Crippen molar-refractivity contribution in [2.45, 2.75) is 44.3 Å². The summed E-state index contributed by atoms with van der Waals surface area (Å²) in [4.78, 5) is 52.6. The average molecular weight is 699 g/mol. The van der Waals surface area contributed by atoms with Crippen LogP contribution in [0.3, 0.4) is 0 Å². The number of benzene rings is 1.